The smallest absolute Gasteiger partial charge is 0.331 e. The third-order valence-corrected chi connectivity index (χ3v) is 6.74. The maximum Gasteiger partial charge on any atom is 0.331 e. The van der Waals surface area contributed by atoms with Crippen molar-refractivity contribution in [2.75, 3.05) is 5.32 Å². The van der Waals surface area contributed by atoms with E-state index in [1.165, 1.54) is 0 Å². The fourth-order valence-electron chi connectivity index (χ4n) is 4.34. The highest BCUT2D eigenvalue weighted by atomic mass is 35.5. The number of amides is 1. The molecule has 1 heterocycles. The van der Waals surface area contributed by atoms with E-state index in [0.717, 1.165) is 33.4 Å². The second kappa shape index (κ2) is 12.0. The van der Waals surface area contributed by atoms with Gasteiger partial charge < -0.3 is 15.5 Å². The normalized spacial score (nSPS) is 14.3. The number of carbonyl (C=O) groups excluding carboxylic acids is 1. The van der Waals surface area contributed by atoms with Gasteiger partial charge in [-0.3, -0.25) is 4.79 Å². The number of phenols is 1. The highest BCUT2D eigenvalue weighted by Gasteiger charge is 2.26. The van der Waals surface area contributed by atoms with Crippen LogP contribution in [-0.2, 0) is 9.59 Å². The maximum absolute atomic E-state index is 12.8. The molecule has 0 fully saturated rings. The summed E-state index contributed by atoms with van der Waals surface area (Å²) in [6.07, 6.45) is 5.77. The van der Waals surface area contributed by atoms with Crippen LogP contribution in [0.3, 0.4) is 0 Å². The summed E-state index contributed by atoms with van der Waals surface area (Å²) < 4.78 is 0. The number of carboxylic acid groups (broad SMARTS) is 1. The quantitative estimate of drug-likeness (QED) is 0.212. The lowest BCUT2D eigenvalue weighted by atomic mass is 9.95. The molecular formula is C32H32ClNO4. The number of anilines is 1. The summed E-state index contributed by atoms with van der Waals surface area (Å²) in [6, 6.07) is 18.5. The van der Waals surface area contributed by atoms with Crippen LogP contribution >= 0.6 is 11.6 Å². The third-order valence-electron chi connectivity index (χ3n) is 6.42. The minimum Gasteiger partial charge on any atom is -0.507 e. The molecule has 0 unspecified atom stereocenters. The zero-order valence-electron chi connectivity index (χ0n) is 20.9. The van der Waals surface area contributed by atoms with Gasteiger partial charge in [-0.2, -0.15) is 0 Å². The molecule has 0 radical (unpaired) electrons. The summed E-state index contributed by atoms with van der Waals surface area (Å²) in [5, 5.41) is 23.0. The van der Waals surface area contributed by atoms with Gasteiger partial charge in [0.15, 0.2) is 0 Å². The van der Waals surface area contributed by atoms with E-state index in [0.29, 0.717) is 28.3 Å². The number of nitrogens with one attached hydrogen (secondary N) is 1. The lowest BCUT2D eigenvalue weighted by Crippen LogP contribution is -2.07. The fourth-order valence-corrected chi connectivity index (χ4v) is 4.61. The van der Waals surface area contributed by atoms with Crippen molar-refractivity contribution >= 4 is 34.7 Å². The molecule has 3 aromatic rings. The average Bonchev–Trinajstić information content (AvgIpc) is 3.17. The Labute approximate surface area is 228 Å². The topological polar surface area (TPSA) is 86.6 Å². The minimum atomic E-state index is -0.946. The molecule has 0 spiro atoms. The molecule has 1 aliphatic rings. The fraction of sp³-hybridized carbons (Fsp3) is 0.188. The van der Waals surface area contributed by atoms with Crippen LogP contribution in [0.25, 0.3) is 27.8 Å². The molecule has 0 atom stereocenters. The summed E-state index contributed by atoms with van der Waals surface area (Å²) in [7, 11) is 0. The van der Waals surface area contributed by atoms with Gasteiger partial charge in [0.25, 0.3) is 5.91 Å². The van der Waals surface area contributed by atoms with Gasteiger partial charge in [-0.25, -0.2) is 4.79 Å². The first-order chi connectivity index (χ1) is 17.7. The zero-order valence-corrected chi connectivity index (χ0v) is 21.6. The number of aliphatic carboxylic acids is 1. The van der Waals surface area contributed by atoms with Crippen molar-refractivity contribution in [1.29, 1.82) is 0 Å². The van der Waals surface area contributed by atoms with Crippen LogP contribution in [-0.4, -0.2) is 22.1 Å². The van der Waals surface area contributed by atoms with Crippen LogP contribution < -0.4 is 5.32 Å². The van der Waals surface area contributed by atoms with E-state index in [4.69, 9.17) is 11.6 Å². The van der Waals surface area contributed by atoms with Crippen molar-refractivity contribution in [2.45, 2.75) is 34.6 Å². The summed E-state index contributed by atoms with van der Waals surface area (Å²) in [6.45, 7) is 5.53. The van der Waals surface area contributed by atoms with E-state index in [1.807, 2.05) is 75.4 Å². The van der Waals surface area contributed by atoms with Crippen LogP contribution in [0.15, 0.2) is 90.0 Å². The van der Waals surface area contributed by atoms with Crippen molar-refractivity contribution in [3.8, 4) is 28.0 Å². The van der Waals surface area contributed by atoms with Gasteiger partial charge in [0, 0.05) is 27.8 Å². The Bertz CT molecular complexity index is 1460. The molecule has 6 heteroatoms. The Kier molecular flexibility index (Phi) is 8.97. The van der Waals surface area contributed by atoms with Crippen molar-refractivity contribution in [3.63, 3.8) is 0 Å². The highest BCUT2D eigenvalue weighted by Crippen LogP contribution is 2.41. The molecule has 5 nitrogen and oxygen atoms in total. The van der Waals surface area contributed by atoms with Crippen molar-refractivity contribution in [2.24, 2.45) is 5.92 Å². The number of para-hydroxylation sites is 1. The average molecular weight is 530 g/mol. The lowest BCUT2D eigenvalue weighted by molar-refractivity contribution is -0.133. The predicted octanol–water partition coefficient (Wildman–Crippen LogP) is 8.35. The molecule has 4 rings (SSSR count). The maximum atomic E-state index is 12.8. The first-order valence-corrected chi connectivity index (χ1v) is 12.4. The number of carboxylic acids is 1. The van der Waals surface area contributed by atoms with Crippen molar-refractivity contribution in [3.05, 3.63) is 101 Å². The number of halogens is 1. The Morgan fingerprint density at radius 1 is 1.00 bits per heavy atom. The standard InChI is InChI=1S/C31H28ClNO4.CH4/c1-4-19(15-24(18(2)3)31(36)37)9-14-23-26-16-25(27(32)17-28(26)33-30(23)35)21-12-10-20(11-13-21)22-7-5-6-8-29(22)34;/h4-8,10-18,34H,9H2,1-3H3,(H,33,35)(H,36,37);1H4/b19-4-,23-14-,24-15+;. The van der Waals surface area contributed by atoms with Gasteiger partial charge in [0.2, 0.25) is 0 Å². The summed E-state index contributed by atoms with van der Waals surface area (Å²) in [4.78, 5) is 24.4. The molecule has 1 aliphatic heterocycles. The van der Waals surface area contributed by atoms with Gasteiger partial charge in [0.05, 0.1) is 10.7 Å². The molecule has 0 bridgehead atoms. The van der Waals surface area contributed by atoms with Crippen LogP contribution in [0.4, 0.5) is 5.69 Å². The molecule has 0 saturated heterocycles. The number of fused-ring (bicyclic) bond motifs is 1. The Balaban J connectivity index is 0.00000400. The van der Waals surface area contributed by atoms with Gasteiger partial charge >= 0.3 is 5.97 Å². The largest absolute Gasteiger partial charge is 0.507 e. The number of aromatic hydroxyl groups is 1. The Hall–Kier alpha value is -4.09. The zero-order chi connectivity index (χ0) is 26.7. The van der Waals surface area contributed by atoms with Gasteiger partial charge in [-0.15, -0.1) is 0 Å². The number of hydrogen-bond acceptors (Lipinski definition) is 3. The summed E-state index contributed by atoms with van der Waals surface area (Å²) >= 11 is 6.60. The number of allylic oxidation sites excluding steroid dienone is 4. The summed E-state index contributed by atoms with van der Waals surface area (Å²) in [5.74, 6) is -1.08. The third kappa shape index (κ3) is 5.90. The predicted molar refractivity (Wildman–Crippen MR) is 156 cm³/mol. The Morgan fingerprint density at radius 3 is 2.21 bits per heavy atom. The number of rotatable bonds is 7. The van der Waals surface area contributed by atoms with E-state index in [1.54, 1.807) is 24.3 Å². The van der Waals surface area contributed by atoms with Crippen LogP contribution in [0, 0.1) is 5.92 Å². The number of hydrogen-bond donors (Lipinski definition) is 3. The van der Waals surface area contributed by atoms with E-state index in [-0.39, 0.29) is 25.0 Å². The summed E-state index contributed by atoms with van der Waals surface area (Å²) in [5.41, 5.74) is 6.33. The molecule has 38 heavy (non-hydrogen) atoms. The number of carbonyl (C=O) groups is 2. The van der Waals surface area contributed by atoms with Crippen LogP contribution in [0.5, 0.6) is 5.75 Å². The number of benzene rings is 3. The SMILES string of the molecule is C.C/C=C(\C=C(\C(=O)O)C(C)C)C/C=C1\C(=O)Nc2cc(Cl)c(-c3ccc(-c4ccccc4O)cc3)cc21. The van der Waals surface area contributed by atoms with Crippen LogP contribution in [0.1, 0.15) is 40.2 Å². The number of phenolic OH excluding ortho intramolecular Hbond substituents is 1. The minimum absolute atomic E-state index is 0. The molecular weight excluding hydrogens is 498 g/mol. The van der Waals surface area contributed by atoms with Crippen molar-refractivity contribution < 1.29 is 19.8 Å². The van der Waals surface area contributed by atoms with Crippen LogP contribution in [0.2, 0.25) is 5.02 Å². The molecule has 0 saturated carbocycles. The van der Waals surface area contributed by atoms with Gasteiger partial charge in [-0.1, -0.05) is 87.5 Å². The first-order valence-electron chi connectivity index (χ1n) is 12.0. The second-order valence-electron chi connectivity index (χ2n) is 9.17. The monoisotopic (exact) mass is 529 g/mol. The van der Waals surface area contributed by atoms with Gasteiger partial charge in [0.1, 0.15) is 5.75 Å². The van der Waals surface area contributed by atoms with E-state index >= 15 is 0 Å². The van der Waals surface area contributed by atoms with E-state index in [9.17, 15) is 19.8 Å². The van der Waals surface area contributed by atoms with E-state index in [2.05, 4.69) is 5.32 Å². The Morgan fingerprint density at radius 2 is 1.63 bits per heavy atom. The lowest BCUT2D eigenvalue weighted by Gasteiger charge is -2.10. The molecule has 3 aromatic carbocycles. The second-order valence-corrected chi connectivity index (χ2v) is 9.58. The van der Waals surface area contributed by atoms with Gasteiger partial charge in [-0.05, 0) is 60.2 Å². The van der Waals surface area contributed by atoms with E-state index < -0.39 is 5.97 Å². The highest BCUT2D eigenvalue weighted by molar-refractivity contribution is 6.36. The molecule has 196 valence electrons. The first kappa shape index (κ1) is 28.5. The molecule has 3 N–H and O–H groups in total. The molecule has 0 aliphatic carbocycles. The van der Waals surface area contributed by atoms with Crippen molar-refractivity contribution in [1.82, 2.24) is 0 Å². The molecule has 1 amide bonds. The molecule has 0 aromatic heterocycles.